The van der Waals surface area contributed by atoms with Gasteiger partial charge in [-0.3, -0.25) is 4.79 Å². The molecule has 1 N–H and O–H groups in total. The highest BCUT2D eigenvalue weighted by Gasteiger charge is 2.24. The summed E-state index contributed by atoms with van der Waals surface area (Å²) in [7, 11) is -0.834. The molecule has 0 radical (unpaired) electrons. The van der Waals surface area contributed by atoms with Crippen molar-refractivity contribution in [1.29, 1.82) is 0 Å². The third-order valence-corrected chi connectivity index (χ3v) is 4.29. The van der Waals surface area contributed by atoms with Crippen molar-refractivity contribution in [3.8, 4) is 0 Å². The fourth-order valence-electron chi connectivity index (χ4n) is 1.54. The third kappa shape index (κ3) is 2.29. The molecule has 0 unspecified atom stereocenters. The molecule has 2 aromatic rings. The fourth-order valence-corrected chi connectivity index (χ4v) is 2.55. The summed E-state index contributed by atoms with van der Waals surface area (Å²) in [5, 5.41) is 9.75. The Bertz CT molecular complexity index is 735. The van der Waals surface area contributed by atoms with Gasteiger partial charge in [0.1, 0.15) is 4.90 Å². The predicted octanol–water partition coefficient (Wildman–Crippen LogP) is 0.431. The lowest BCUT2D eigenvalue weighted by Gasteiger charge is -2.11. The Morgan fingerprint density at radius 1 is 1.26 bits per heavy atom. The molecule has 0 saturated carbocycles. The van der Waals surface area contributed by atoms with Crippen molar-refractivity contribution in [1.82, 2.24) is 14.6 Å². The first-order valence-electron chi connectivity index (χ1n) is 5.29. The molecule has 9 heteroatoms. The van der Waals surface area contributed by atoms with E-state index in [1.807, 2.05) is 0 Å². The van der Waals surface area contributed by atoms with Gasteiger partial charge in [0.25, 0.3) is 0 Å². The van der Waals surface area contributed by atoms with Crippen LogP contribution in [0.1, 0.15) is 6.92 Å². The highest BCUT2D eigenvalue weighted by atomic mass is 32.2. The smallest absolute Gasteiger partial charge is 0.244 e. The van der Waals surface area contributed by atoms with Gasteiger partial charge >= 0.3 is 0 Å². The molecule has 19 heavy (non-hydrogen) atoms. The average molecular weight is 284 g/mol. The van der Waals surface area contributed by atoms with Crippen LogP contribution in [0.3, 0.4) is 0 Å². The molecule has 0 saturated heterocycles. The fraction of sp³-hybridized carbons (Fsp3) is 0.300. The first-order chi connectivity index (χ1) is 8.84. The molecule has 8 nitrogen and oxygen atoms in total. The molecule has 102 valence electrons. The summed E-state index contributed by atoms with van der Waals surface area (Å²) < 4.78 is 29.8. The number of aromatic nitrogens is 2. The molecule has 0 atom stereocenters. The molecule has 0 aliphatic carbocycles. The Morgan fingerprint density at radius 3 is 2.47 bits per heavy atom. The van der Waals surface area contributed by atoms with Crippen LogP contribution in [0.15, 0.2) is 21.7 Å². The van der Waals surface area contributed by atoms with Gasteiger partial charge in [-0.05, 0) is 22.4 Å². The van der Waals surface area contributed by atoms with Crippen molar-refractivity contribution in [3.05, 3.63) is 12.1 Å². The van der Waals surface area contributed by atoms with Gasteiger partial charge in [0, 0.05) is 21.0 Å². The zero-order valence-corrected chi connectivity index (χ0v) is 11.4. The number of benzene rings is 1. The molecule has 1 amide bonds. The largest absolute Gasteiger partial charge is 0.324 e. The van der Waals surface area contributed by atoms with Crippen molar-refractivity contribution >= 4 is 32.7 Å². The lowest BCUT2D eigenvalue weighted by Crippen LogP contribution is -2.22. The first-order valence-corrected chi connectivity index (χ1v) is 6.73. The van der Waals surface area contributed by atoms with Gasteiger partial charge in [-0.2, -0.15) is 0 Å². The van der Waals surface area contributed by atoms with Gasteiger partial charge in [0.2, 0.25) is 15.9 Å². The Hall–Kier alpha value is -2.00. The van der Waals surface area contributed by atoms with Crippen LogP contribution >= 0.6 is 0 Å². The molecule has 0 spiro atoms. The Labute approximate surface area is 109 Å². The summed E-state index contributed by atoms with van der Waals surface area (Å²) in [5.41, 5.74) is 0.625. The molecule has 1 aromatic carbocycles. The highest BCUT2D eigenvalue weighted by molar-refractivity contribution is 7.89. The van der Waals surface area contributed by atoms with Gasteiger partial charge in [0.15, 0.2) is 11.0 Å². The number of nitrogens with zero attached hydrogens (tertiary/aromatic N) is 3. The molecule has 1 aromatic heterocycles. The first kappa shape index (κ1) is 13.4. The monoisotopic (exact) mass is 284 g/mol. The summed E-state index contributed by atoms with van der Waals surface area (Å²) in [6, 6.07) is 2.80. The molecular formula is C10H12N4O4S. The van der Waals surface area contributed by atoms with E-state index < -0.39 is 10.0 Å². The third-order valence-electron chi connectivity index (χ3n) is 2.45. The number of carbonyl (C=O) groups is 1. The van der Waals surface area contributed by atoms with Gasteiger partial charge in [-0.15, -0.1) is 0 Å². The number of amides is 1. The second-order valence-electron chi connectivity index (χ2n) is 4.04. The average Bonchev–Trinajstić information content (AvgIpc) is 2.77. The number of carbonyl (C=O) groups excluding carboxylic acids is 1. The number of fused-ring (bicyclic) bond motifs is 1. The van der Waals surface area contributed by atoms with E-state index in [4.69, 9.17) is 0 Å². The van der Waals surface area contributed by atoms with Crippen LogP contribution in [0.5, 0.6) is 0 Å². The van der Waals surface area contributed by atoms with Crippen molar-refractivity contribution in [2.24, 2.45) is 0 Å². The molecular weight excluding hydrogens is 272 g/mol. The van der Waals surface area contributed by atoms with E-state index in [1.165, 1.54) is 33.2 Å². The molecule has 0 bridgehead atoms. The number of rotatable bonds is 3. The van der Waals surface area contributed by atoms with E-state index >= 15 is 0 Å². The standard InChI is InChI=1S/C10H12N4O4S/c1-6(15)11-7-4-5-8(19(16,17)14(2)3)10-9(7)12-18-13-10/h4-5H,1-3H3,(H,11,15). The maximum atomic E-state index is 12.1. The summed E-state index contributed by atoms with van der Waals surface area (Å²) in [5.74, 6) is -0.299. The minimum absolute atomic E-state index is 0.0251. The van der Waals surface area contributed by atoms with Crippen LogP contribution in [0.25, 0.3) is 11.0 Å². The predicted molar refractivity (Wildman–Crippen MR) is 67.0 cm³/mol. The van der Waals surface area contributed by atoms with E-state index in [1.54, 1.807) is 0 Å². The van der Waals surface area contributed by atoms with E-state index in [0.29, 0.717) is 5.69 Å². The summed E-state index contributed by atoms with van der Waals surface area (Å²) in [6.45, 7) is 1.34. The number of sulfonamides is 1. The van der Waals surface area contributed by atoms with Gasteiger partial charge in [-0.25, -0.2) is 17.4 Å². The lowest BCUT2D eigenvalue weighted by molar-refractivity contribution is -0.114. The minimum Gasteiger partial charge on any atom is -0.324 e. The lowest BCUT2D eigenvalue weighted by atomic mass is 10.2. The van der Waals surface area contributed by atoms with E-state index in [0.717, 1.165) is 4.31 Å². The second-order valence-corrected chi connectivity index (χ2v) is 6.16. The van der Waals surface area contributed by atoms with E-state index in [9.17, 15) is 13.2 Å². The molecule has 2 rings (SSSR count). The van der Waals surface area contributed by atoms with Gasteiger partial charge in [-0.1, -0.05) is 0 Å². The van der Waals surface area contributed by atoms with Crippen LogP contribution in [-0.4, -0.2) is 43.0 Å². The molecule has 0 aliphatic rings. The van der Waals surface area contributed by atoms with Crippen molar-refractivity contribution in [3.63, 3.8) is 0 Å². The summed E-state index contributed by atoms with van der Waals surface area (Å²) >= 11 is 0. The van der Waals surface area contributed by atoms with Crippen LogP contribution in [0, 0.1) is 0 Å². The van der Waals surface area contributed by atoms with E-state index in [2.05, 4.69) is 20.3 Å². The van der Waals surface area contributed by atoms with E-state index in [-0.39, 0.29) is 21.8 Å². The molecule has 0 aliphatic heterocycles. The zero-order valence-electron chi connectivity index (χ0n) is 10.5. The summed E-state index contributed by atoms with van der Waals surface area (Å²) in [4.78, 5) is 11.0. The Balaban J connectivity index is 2.68. The number of nitrogens with one attached hydrogen (secondary N) is 1. The van der Waals surface area contributed by atoms with Crippen LogP contribution in [0.2, 0.25) is 0 Å². The van der Waals surface area contributed by atoms with Crippen LogP contribution in [-0.2, 0) is 14.8 Å². The summed E-state index contributed by atoms with van der Waals surface area (Å²) in [6.07, 6.45) is 0. The zero-order chi connectivity index (χ0) is 14.2. The topological polar surface area (TPSA) is 105 Å². The van der Waals surface area contributed by atoms with Crippen molar-refractivity contribution in [2.75, 3.05) is 19.4 Å². The second kappa shape index (κ2) is 4.59. The molecule has 0 fully saturated rings. The van der Waals surface area contributed by atoms with Gasteiger partial charge in [0.05, 0.1) is 5.69 Å². The Morgan fingerprint density at radius 2 is 1.89 bits per heavy atom. The maximum absolute atomic E-state index is 12.1. The molecule has 1 heterocycles. The number of anilines is 1. The van der Waals surface area contributed by atoms with Crippen LogP contribution < -0.4 is 5.32 Å². The van der Waals surface area contributed by atoms with Gasteiger partial charge < -0.3 is 5.32 Å². The number of hydrogen-bond donors (Lipinski definition) is 1. The minimum atomic E-state index is -3.66. The Kier molecular flexibility index (Phi) is 3.25. The highest BCUT2D eigenvalue weighted by Crippen LogP contribution is 2.27. The van der Waals surface area contributed by atoms with Crippen molar-refractivity contribution in [2.45, 2.75) is 11.8 Å². The SMILES string of the molecule is CC(=O)Nc1ccc(S(=O)(=O)N(C)C)c2nonc12. The quantitative estimate of drug-likeness (QED) is 0.876. The maximum Gasteiger partial charge on any atom is 0.244 e. The van der Waals surface area contributed by atoms with Crippen molar-refractivity contribution < 1.29 is 17.8 Å². The van der Waals surface area contributed by atoms with Crippen LogP contribution in [0.4, 0.5) is 5.69 Å². The number of hydrogen-bond acceptors (Lipinski definition) is 6. The normalized spacial score (nSPS) is 12.0.